The second-order valence-electron chi connectivity index (χ2n) is 5.36. The van der Waals surface area contributed by atoms with Crippen LogP contribution in [0.2, 0.25) is 0 Å². The van der Waals surface area contributed by atoms with Crippen molar-refractivity contribution in [2.45, 2.75) is 51.9 Å². The van der Waals surface area contributed by atoms with Crippen LogP contribution in [-0.4, -0.2) is 16.7 Å². The quantitative estimate of drug-likeness (QED) is 0.853. The molecule has 1 heterocycles. The Balaban J connectivity index is 2.15. The fourth-order valence-electron chi connectivity index (χ4n) is 2.58. The van der Waals surface area contributed by atoms with Gasteiger partial charge in [0.05, 0.1) is 0 Å². The number of nitrogens with two attached hydrogens (primary N) is 1. The van der Waals surface area contributed by atoms with Crippen LogP contribution in [0.25, 0.3) is 0 Å². The van der Waals surface area contributed by atoms with Crippen LogP contribution in [0.15, 0.2) is 4.42 Å². The van der Waals surface area contributed by atoms with Crippen molar-refractivity contribution in [1.82, 2.24) is 10.2 Å². The molecule has 0 aliphatic heterocycles. The minimum Gasteiger partial charge on any atom is -0.425 e. The lowest BCUT2D eigenvalue weighted by Crippen LogP contribution is -2.26. The Morgan fingerprint density at radius 2 is 2.19 bits per heavy atom. The number of hydrogen-bond donors (Lipinski definition) is 1. The second-order valence-corrected chi connectivity index (χ2v) is 5.36. The molecule has 1 unspecified atom stereocenters. The largest absolute Gasteiger partial charge is 0.425 e. The maximum atomic E-state index is 5.70. The molecule has 4 heteroatoms. The molecule has 4 nitrogen and oxygen atoms in total. The highest BCUT2D eigenvalue weighted by atomic mass is 16.4. The first-order chi connectivity index (χ1) is 7.63. The Bertz CT molecular complexity index is 346. The zero-order valence-corrected chi connectivity index (χ0v) is 10.2. The van der Waals surface area contributed by atoms with Gasteiger partial charge in [-0.2, -0.15) is 0 Å². The molecule has 0 aromatic carbocycles. The summed E-state index contributed by atoms with van der Waals surface area (Å²) in [6, 6.07) is 0. The summed E-state index contributed by atoms with van der Waals surface area (Å²) in [5.41, 5.74) is 5.76. The summed E-state index contributed by atoms with van der Waals surface area (Å²) in [4.78, 5) is 0. The minimum absolute atomic E-state index is 0.283. The first-order valence-electron chi connectivity index (χ1n) is 6.16. The van der Waals surface area contributed by atoms with Gasteiger partial charge in [-0.25, -0.2) is 0 Å². The monoisotopic (exact) mass is 223 g/mol. The molecule has 1 aromatic rings. The molecule has 0 bridgehead atoms. The van der Waals surface area contributed by atoms with Crippen LogP contribution in [0.3, 0.4) is 0 Å². The summed E-state index contributed by atoms with van der Waals surface area (Å²) in [5.74, 6) is 1.91. The fourth-order valence-corrected chi connectivity index (χ4v) is 2.58. The number of rotatable bonds is 3. The molecule has 1 fully saturated rings. The van der Waals surface area contributed by atoms with E-state index in [1.165, 1.54) is 19.3 Å². The molecule has 2 rings (SSSR count). The van der Waals surface area contributed by atoms with Gasteiger partial charge in [-0.05, 0) is 18.3 Å². The van der Waals surface area contributed by atoms with Gasteiger partial charge in [0.25, 0.3) is 0 Å². The van der Waals surface area contributed by atoms with Gasteiger partial charge in [0.1, 0.15) is 0 Å². The molecule has 1 saturated carbocycles. The minimum atomic E-state index is 0.283. The highest BCUT2D eigenvalue weighted by Gasteiger charge is 2.36. The molecule has 90 valence electrons. The van der Waals surface area contributed by atoms with Gasteiger partial charge in [0.15, 0.2) is 0 Å². The molecule has 0 radical (unpaired) electrons. The van der Waals surface area contributed by atoms with Crippen LogP contribution in [0.1, 0.15) is 57.2 Å². The Morgan fingerprint density at radius 1 is 1.38 bits per heavy atom. The Hall–Kier alpha value is -0.900. The lowest BCUT2D eigenvalue weighted by atomic mass is 9.69. The van der Waals surface area contributed by atoms with Crippen LogP contribution < -0.4 is 5.73 Å². The number of aromatic nitrogens is 2. The molecule has 1 atom stereocenters. The smallest absolute Gasteiger partial charge is 0.220 e. The molecule has 1 aromatic heterocycles. The fraction of sp³-hybridized carbons (Fsp3) is 0.833. The van der Waals surface area contributed by atoms with Crippen LogP contribution in [0, 0.1) is 5.41 Å². The molecular formula is C12H21N3O. The first kappa shape index (κ1) is 11.6. The van der Waals surface area contributed by atoms with E-state index in [9.17, 15) is 0 Å². The molecule has 0 spiro atoms. The van der Waals surface area contributed by atoms with Crippen molar-refractivity contribution in [2.75, 3.05) is 6.54 Å². The van der Waals surface area contributed by atoms with E-state index < -0.39 is 0 Å². The van der Waals surface area contributed by atoms with E-state index in [-0.39, 0.29) is 5.41 Å². The van der Waals surface area contributed by atoms with Gasteiger partial charge in [0.2, 0.25) is 11.8 Å². The highest BCUT2D eigenvalue weighted by molar-refractivity contribution is 5.01. The van der Waals surface area contributed by atoms with Gasteiger partial charge in [-0.15, -0.1) is 10.2 Å². The van der Waals surface area contributed by atoms with Gasteiger partial charge in [-0.3, -0.25) is 0 Å². The molecule has 0 amide bonds. The van der Waals surface area contributed by atoms with Crippen molar-refractivity contribution < 1.29 is 4.42 Å². The van der Waals surface area contributed by atoms with E-state index in [4.69, 9.17) is 10.2 Å². The van der Waals surface area contributed by atoms with Gasteiger partial charge in [-0.1, -0.05) is 26.7 Å². The van der Waals surface area contributed by atoms with Crippen molar-refractivity contribution in [2.24, 2.45) is 11.1 Å². The lowest BCUT2D eigenvalue weighted by Gasteiger charge is -2.36. The third-order valence-corrected chi connectivity index (χ3v) is 3.65. The summed E-state index contributed by atoms with van der Waals surface area (Å²) in [7, 11) is 0. The SMILES string of the molecule is CC1(C)CCCCC1c1nnc(CCN)o1. The average molecular weight is 223 g/mol. The first-order valence-corrected chi connectivity index (χ1v) is 6.16. The third-order valence-electron chi connectivity index (χ3n) is 3.65. The average Bonchev–Trinajstić information content (AvgIpc) is 2.66. The van der Waals surface area contributed by atoms with Crippen LogP contribution >= 0.6 is 0 Å². The van der Waals surface area contributed by atoms with Crippen LogP contribution in [-0.2, 0) is 6.42 Å². The molecule has 1 aliphatic rings. The zero-order valence-electron chi connectivity index (χ0n) is 10.2. The van der Waals surface area contributed by atoms with Crippen molar-refractivity contribution in [3.8, 4) is 0 Å². The normalized spacial score (nSPS) is 24.6. The maximum absolute atomic E-state index is 5.70. The van der Waals surface area contributed by atoms with Crippen molar-refractivity contribution >= 4 is 0 Å². The van der Waals surface area contributed by atoms with Crippen molar-refractivity contribution in [3.05, 3.63) is 11.8 Å². The zero-order chi connectivity index (χ0) is 11.6. The summed E-state index contributed by atoms with van der Waals surface area (Å²) < 4.78 is 5.70. The van der Waals surface area contributed by atoms with Crippen molar-refractivity contribution in [3.63, 3.8) is 0 Å². The van der Waals surface area contributed by atoms with E-state index >= 15 is 0 Å². The molecule has 0 saturated heterocycles. The summed E-state index contributed by atoms with van der Waals surface area (Å²) in [6.07, 6.45) is 5.67. The van der Waals surface area contributed by atoms with E-state index in [1.54, 1.807) is 0 Å². The number of nitrogens with zero attached hydrogens (tertiary/aromatic N) is 2. The standard InChI is InChI=1S/C12H21N3O/c1-12(2)7-4-3-5-9(12)11-15-14-10(16-11)6-8-13/h9H,3-8,13H2,1-2H3. The predicted molar refractivity (Wildman–Crippen MR) is 62.0 cm³/mol. The molecule has 16 heavy (non-hydrogen) atoms. The Morgan fingerprint density at radius 3 is 2.88 bits per heavy atom. The molecule has 1 aliphatic carbocycles. The van der Waals surface area contributed by atoms with E-state index in [0.29, 0.717) is 24.8 Å². The maximum Gasteiger partial charge on any atom is 0.220 e. The van der Waals surface area contributed by atoms with E-state index in [1.807, 2.05) is 0 Å². The third kappa shape index (κ3) is 2.26. The van der Waals surface area contributed by atoms with Gasteiger partial charge in [0, 0.05) is 18.9 Å². The highest BCUT2D eigenvalue weighted by Crippen LogP contribution is 2.46. The molecule has 2 N–H and O–H groups in total. The molecular weight excluding hydrogens is 202 g/mol. The number of hydrogen-bond acceptors (Lipinski definition) is 4. The Kier molecular flexibility index (Phi) is 3.28. The summed E-state index contributed by atoms with van der Waals surface area (Å²) >= 11 is 0. The van der Waals surface area contributed by atoms with Gasteiger partial charge < -0.3 is 10.2 Å². The van der Waals surface area contributed by atoms with Gasteiger partial charge >= 0.3 is 0 Å². The van der Waals surface area contributed by atoms with Crippen LogP contribution in [0.4, 0.5) is 0 Å². The Labute approximate surface area is 96.6 Å². The second kappa shape index (κ2) is 4.53. The lowest BCUT2D eigenvalue weighted by molar-refractivity contribution is 0.171. The topological polar surface area (TPSA) is 64.9 Å². The summed E-state index contributed by atoms with van der Waals surface area (Å²) in [5, 5.41) is 8.23. The van der Waals surface area contributed by atoms with Crippen LogP contribution in [0.5, 0.6) is 0 Å². The predicted octanol–water partition coefficient (Wildman–Crippen LogP) is 2.25. The van der Waals surface area contributed by atoms with E-state index in [0.717, 1.165) is 12.3 Å². The van der Waals surface area contributed by atoms with E-state index in [2.05, 4.69) is 24.0 Å². The summed E-state index contributed by atoms with van der Waals surface area (Å²) in [6.45, 7) is 5.16. The van der Waals surface area contributed by atoms with Crippen molar-refractivity contribution in [1.29, 1.82) is 0 Å².